The van der Waals surface area contributed by atoms with Crippen LogP contribution >= 0.6 is 0 Å². The average Bonchev–Trinajstić information content (AvgIpc) is 1.91. The first-order valence-electron chi connectivity index (χ1n) is 2.99. The third-order valence-corrected chi connectivity index (χ3v) is 0.523. The molecular formula is C7H14O2. The van der Waals surface area contributed by atoms with Crippen LogP contribution in [-0.2, 0) is 9.53 Å². The summed E-state index contributed by atoms with van der Waals surface area (Å²) in [4.78, 5) is 9.18. The first-order valence-corrected chi connectivity index (χ1v) is 2.99. The largest absolute Gasteiger partial charge is 0.468 e. The van der Waals surface area contributed by atoms with Crippen LogP contribution in [0.4, 0.5) is 0 Å². The van der Waals surface area contributed by atoms with Gasteiger partial charge in [0.1, 0.15) is 0 Å². The zero-order valence-corrected chi connectivity index (χ0v) is 6.09. The van der Waals surface area contributed by atoms with E-state index in [1.807, 2.05) is 6.08 Å². The highest BCUT2D eigenvalue weighted by Crippen LogP contribution is 1.66. The number of carbonyl (C=O) groups excluding carboxylic acids is 1. The number of allylic oxidation sites excluding steroid dienone is 1. The van der Waals surface area contributed by atoms with Crippen LogP contribution in [0.5, 0.6) is 0 Å². The van der Waals surface area contributed by atoms with E-state index in [1.54, 1.807) is 6.92 Å². The summed E-state index contributed by atoms with van der Waals surface area (Å²) < 4.78 is 4.15. The van der Waals surface area contributed by atoms with Crippen molar-refractivity contribution in [3.05, 3.63) is 12.7 Å². The molecule has 0 bridgehead atoms. The second-order valence-corrected chi connectivity index (χ2v) is 1.25. The maximum Gasteiger partial charge on any atom is 0.293 e. The molecule has 0 spiro atoms. The first-order chi connectivity index (χ1) is 4.33. The fourth-order valence-electron chi connectivity index (χ4n) is 0.0680. The molecule has 9 heavy (non-hydrogen) atoms. The van der Waals surface area contributed by atoms with Crippen LogP contribution in [0.2, 0.25) is 0 Å². The van der Waals surface area contributed by atoms with Crippen LogP contribution < -0.4 is 0 Å². The van der Waals surface area contributed by atoms with Crippen molar-refractivity contribution in [3.63, 3.8) is 0 Å². The normalized spacial score (nSPS) is 6.44. The number of hydrogen-bond acceptors (Lipinski definition) is 2. The van der Waals surface area contributed by atoms with Gasteiger partial charge in [-0.1, -0.05) is 13.0 Å². The van der Waals surface area contributed by atoms with E-state index in [-0.39, 0.29) is 0 Å². The Morgan fingerprint density at radius 3 is 2.00 bits per heavy atom. The highest BCUT2D eigenvalue weighted by Gasteiger charge is 1.60. The fraction of sp³-hybridized carbons (Fsp3) is 0.571. The molecular weight excluding hydrogens is 116 g/mol. The Hall–Kier alpha value is -0.790. The Morgan fingerprint density at radius 1 is 1.56 bits per heavy atom. The zero-order valence-electron chi connectivity index (χ0n) is 6.09. The van der Waals surface area contributed by atoms with Gasteiger partial charge in [-0.2, -0.15) is 0 Å². The molecule has 54 valence electrons. The average molecular weight is 130 g/mol. The summed E-state index contributed by atoms with van der Waals surface area (Å²) in [6.07, 6.45) is 2.96. The highest BCUT2D eigenvalue weighted by atomic mass is 16.5. The molecule has 0 amide bonds. The molecule has 0 aliphatic heterocycles. The maximum absolute atomic E-state index is 9.18. The van der Waals surface area contributed by atoms with Crippen LogP contribution in [0.25, 0.3) is 0 Å². The van der Waals surface area contributed by atoms with Crippen molar-refractivity contribution in [2.24, 2.45) is 0 Å². The molecule has 0 aromatic carbocycles. The van der Waals surface area contributed by atoms with Crippen molar-refractivity contribution < 1.29 is 9.53 Å². The quantitative estimate of drug-likeness (QED) is 0.430. The second kappa shape index (κ2) is 15.7. The minimum atomic E-state index is 0.431. The Labute approximate surface area is 56.5 Å². The Morgan fingerprint density at radius 2 is 2.00 bits per heavy atom. The van der Waals surface area contributed by atoms with Gasteiger partial charge in [0.05, 0.1) is 6.61 Å². The van der Waals surface area contributed by atoms with Crippen LogP contribution in [0.3, 0.4) is 0 Å². The van der Waals surface area contributed by atoms with E-state index in [0.717, 1.165) is 6.42 Å². The SMILES string of the molecule is C=CCC.CCOC=O. The van der Waals surface area contributed by atoms with Gasteiger partial charge in [0, 0.05) is 0 Å². The van der Waals surface area contributed by atoms with Crippen molar-refractivity contribution in [1.82, 2.24) is 0 Å². The molecule has 0 saturated heterocycles. The molecule has 0 radical (unpaired) electrons. The molecule has 0 fully saturated rings. The molecule has 0 aliphatic rings. The third-order valence-electron chi connectivity index (χ3n) is 0.523. The van der Waals surface area contributed by atoms with Gasteiger partial charge in [0.15, 0.2) is 0 Å². The number of ether oxygens (including phenoxy) is 1. The molecule has 0 atom stereocenters. The monoisotopic (exact) mass is 130 g/mol. The van der Waals surface area contributed by atoms with Crippen LogP contribution in [0.1, 0.15) is 20.3 Å². The number of rotatable bonds is 3. The molecule has 0 aromatic heterocycles. The summed E-state index contributed by atoms with van der Waals surface area (Å²) >= 11 is 0. The van der Waals surface area contributed by atoms with Gasteiger partial charge in [-0.3, -0.25) is 4.79 Å². The standard InChI is InChI=1S/C4H8.C3H6O2/c1-3-4-2;1-2-5-3-4/h3H,1,4H2,2H3;3H,2H2,1H3. The van der Waals surface area contributed by atoms with E-state index in [2.05, 4.69) is 18.2 Å². The van der Waals surface area contributed by atoms with Gasteiger partial charge >= 0.3 is 0 Å². The Kier molecular flexibility index (Phi) is 19.3. The summed E-state index contributed by atoms with van der Waals surface area (Å²) in [5.74, 6) is 0. The van der Waals surface area contributed by atoms with E-state index < -0.39 is 0 Å². The Balaban J connectivity index is 0. The van der Waals surface area contributed by atoms with Crippen LogP contribution in [0, 0.1) is 0 Å². The topological polar surface area (TPSA) is 26.3 Å². The number of carbonyl (C=O) groups is 1. The van der Waals surface area contributed by atoms with Gasteiger partial charge in [-0.25, -0.2) is 0 Å². The minimum absolute atomic E-state index is 0.431. The van der Waals surface area contributed by atoms with E-state index in [0.29, 0.717) is 13.1 Å². The van der Waals surface area contributed by atoms with Crippen molar-refractivity contribution in [3.8, 4) is 0 Å². The molecule has 0 saturated carbocycles. The minimum Gasteiger partial charge on any atom is -0.468 e. The predicted molar refractivity (Wildman–Crippen MR) is 38.2 cm³/mol. The third kappa shape index (κ3) is 40.1. The molecule has 2 nitrogen and oxygen atoms in total. The molecule has 0 rings (SSSR count). The lowest BCUT2D eigenvalue weighted by molar-refractivity contribution is -0.128. The number of hydrogen-bond donors (Lipinski definition) is 0. The summed E-state index contributed by atoms with van der Waals surface area (Å²) in [5, 5.41) is 0. The van der Waals surface area contributed by atoms with E-state index in [4.69, 9.17) is 0 Å². The Bertz CT molecular complexity index is 59.9. The molecule has 0 N–H and O–H groups in total. The zero-order chi connectivity index (χ0) is 7.54. The van der Waals surface area contributed by atoms with Gasteiger partial charge in [0.25, 0.3) is 6.47 Å². The predicted octanol–water partition coefficient (Wildman–Crippen LogP) is 1.76. The second-order valence-electron chi connectivity index (χ2n) is 1.25. The van der Waals surface area contributed by atoms with Crippen molar-refractivity contribution in [1.29, 1.82) is 0 Å². The summed E-state index contributed by atoms with van der Waals surface area (Å²) in [6.45, 7) is 8.21. The lowest BCUT2D eigenvalue weighted by atomic mass is 10.5. The van der Waals surface area contributed by atoms with Gasteiger partial charge in [-0.05, 0) is 13.3 Å². The van der Waals surface area contributed by atoms with Crippen LogP contribution in [-0.4, -0.2) is 13.1 Å². The highest BCUT2D eigenvalue weighted by molar-refractivity contribution is 5.36. The lowest BCUT2D eigenvalue weighted by Gasteiger charge is -1.79. The smallest absolute Gasteiger partial charge is 0.293 e. The van der Waals surface area contributed by atoms with E-state index in [1.165, 1.54) is 0 Å². The molecule has 0 heterocycles. The van der Waals surface area contributed by atoms with E-state index >= 15 is 0 Å². The van der Waals surface area contributed by atoms with E-state index in [9.17, 15) is 4.79 Å². The van der Waals surface area contributed by atoms with Crippen molar-refractivity contribution >= 4 is 6.47 Å². The molecule has 0 aromatic rings. The van der Waals surface area contributed by atoms with Crippen LogP contribution in [0.15, 0.2) is 12.7 Å². The van der Waals surface area contributed by atoms with Crippen molar-refractivity contribution in [2.45, 2.75) is 20.3 Å². The summed E-state index contributed by atoms with van der Waals surface area (Å²) in [7, 11) is 0. The van der Waals surface area contributed by atoms with Gasteiger partial charge < -0.3 is 4.74 Å². The molecule has 0 aliphatic carbocycles. The maximum atomic E-state index is 9.18. The van der Waals surface area contributed by atoms with Gasteiger partial charge in [0.2, 0.25) is 0 Å². The molecule has 2 heteroatoms. The molecule has 0 unspecified atom stereocenters. The summed E-state index contributed by atoms with van der Waals surface area (Å²) in [5.41, 5.74) is 0. The first kappa shape index (κ1) is 11.1. The van der Waals surface area contributed by atoms with Gasteiger partial charge in [-0.15, -0.1) is 6.58 Å². The fourth-order valence-corrected chi connectivity index (χ4v) is 0.0680. The summed E-state index contributed by atoms with van der Waals surface area (Å²) in [6, 6.07) is 0. The van der Waals surface area contributed by atoms with Crippen molar-refractivity contribution in [2.75, 3.05) is 6.61 Å². The lowest BCUT2D eigenvalue weighted by Crippen LogP contribution is -1.80.